The van der Waals surface area contributed by atoms with Crippen LogP contribution in [0.15, 0.2) is 58.7 Å². The van der Waals surface area contributed by atoms with Crippen molar-refractivity contribution in [1.82, 2.24) is 0 Å². The van der Waals surface area contributed by atoms with Crippen molar-refractivity contribution in [2.75, 3.05) is 0 Å². The molecule has 0 radical (unpaired) electrons. The van der Waals surface area contributed by atoms with Crippen LogP contribution in [-0.2, 0) is 0 Å². The zero-order valence-corrected chi connectivity index (χ0v) is 11.3. The lowest BCUT2D eigenvalue weighted by atomic mass is 9.79. The molecule has 0 nitrogen and oxygen atoms in total. The Balaban J connectivity index is 1.61. The van der Waals surface area contributed by atoms with Crippen LogP contribution in [0.2, 0.25) is 0 Å². The van der Waals surface area contributed by atoms with Crippen LogP contribution in [-0.4, -0.2) is 0 Å². The van der Waals surface area contributed by atoms with Crippen LogP contribution in [0.5, 0.6) is 0 Å². The molecule has 94 valence electrons. The highest BCUT2D eigenvalue weighted by Gasteiger charge is 2.23. The Hall–Kier alpha value is -1.30. The Bertz CT molecular complexity index is 494. The molecule has 0 aromatic rings. The van der Waals surface area contributed by atoms with Crippen molar-refractivity contribution in [2.24, 2.45) is 5.92 Å². The van der Waals surface area contributed by atoms with Gasteiger partial charge in [0.15, 0.2) is 0 Å². The molecule has 0 saturated carbocycles. The number of hydrogen-bond acceptors (Lipinski definition) is 0. The van der Waals surface area contributed by atoms with E-state index in [1.165, 1.54) is 42.4 Å². The summed E-state index contributed by atoms with van der Waals surface area (Å²) in [5, 5.41) is 0. The lowest BCUT2D eigenvalue weighted by Gasteiger charge is -2.26. The largest absolute Gasteiger partial charge is 0.0992 e. The summed E-state index contributed by atoms with van der Waals surface area (Å²) in [5.41, 5.74) is 7.73. The molecule has 18 heavy (non-hydrogen) atoms. The van der Waals surface area contributed by atoms with Crippen LogP contribution in [0, 0.1) is 5.92 Å². The molecule has 0 aromatic carbocycles. The van der Waals surface area contributed by atoms with Gasteiger partial charge in [-0.25, -0.2) is 0 Å². The quantitative estimate of drug-likeness (QED) is 0.588. The monoisotopic (exact) mass is 238 g/mol. The molecule has 3 aliphatic carbocycles. The minimum atomic E-state index is 0.721. The first-order valence-corrected chi connectivity index (χ1v) is 7.13. The molecule has 0 spiro atoms. The maximum atomic E-state index is 4.37. The molecule has 1 unspecified atom stereocenters. The van der Waals surface area contributed by atoms with Crippen molar-refractivity contribution in [3.8, 4) is 0 Å². The molecule has 0 fully saturated rings. The smallest absolute Gasteiger partial charge is 0.00700 e. The summed E-state index contributed by atoms with van der Waals surface area (Å²) in [4.78, 5) is 0. The minimum absolute atomic E-state index is 0.721. The van der Waals surface area contributed by atoms with Crippen molar-refractivity contribution >= 4 is 0 Å². The summed E-state index contributed by atoms with van der Waals surface area (Å²) in [6.45, 7) is 6.58. The summed E-state index contributed by atoms with van der Waals surface area (Å²) in [5.74, 6) is 0.721. The molecule has 0 aliphatic heterocycles. The summed E-state index contributed by atoms with van der Waals surface area (Å²) in [6, 6.07) is 0. The lowest BCUT2D eigenvalue weighted by Crippen LogP contribution is -2.11. The van der Waals surface area contributed by atoms with Crippen LogP contribution < -0.4 is 0 Å². The molecule has 0 bridgehead atoms. The molecule has 0 amide bonds. The highest BCUT2D eigenvalue weighted by atomic mass is 14.3. The Morgan fingerprint density at radius 2 is 2.28 bits per heavy atom. The first kappa shape index (κ1) is 11.8. The second-order valence-electron chi connectivity index (χ2n) is 5.98. The molecule has 0 saturated heterocycles. The topological polar surface area (TPSA) is 0 Å². The van der Waals surface area contributed by atoms with E-state index in [0.29, 0.717) is 0 Å². The fraction of sp³-hybridized carbons (Fsp3) is 0.444. The van der Waals surface area contributed by atoms with E-state index in [2.05, 4.69) is 37.8 Å². The van der Waals surface area contributed by atoms with Gasteiger partial charge in [-0.15, -0.1) is 0 Å². The first-order chi connectivity index (χ1) is 8.72. The molecule has 0 aromatic heterocycles. The maximum Gasteiger partial charge on any atom is -0.00700 e. The Kier molecular flexibility index (Phi) is 3.11. The molecule has 3 rings (SSSR count). The third-order valence-corrected chi connectivity index (χ3v) is 4.52. The van der Waals surface area contributed by atoms with Crippen molar-refractivity contribution in [2.45, 2.75) is 45.4 Å². The summed E-state index contributed by atoms with van der Waals surface area (Å²) in [7, 11) is 0. The van der Waals surface area contributed by atoms with Crippen LogP contribution >= 0.6 is 0 Å². The van der Waals surface area contributed by atoms with Gasteiger partial charge in [0, 0.05) is 0 Å². The molecular formula is C18H22. The minimum Gasteiger partial charge on any atom is -0.0992 e. The highest BCUT2D eigenvalue weighted by Crippen LogP contribution is 2.40. The number of rotatable bonds is 3. The average molecular weight is 238 g/mol. The van der Waals surface area contributed by atoms with Crippen LogP contribution in [0.25, 0.3) is 0 Å². The van der Waals surface area contributed by atoms with Gasteiger partial charge >= 0.3 is 0 Å². The molecule has 0 heteroatoms. The molecule has 1 atom stereocenters. The van der Waals surface area contributed by atoms with Crippen molar-refractivity contribution in [1.29, 1.82) is 0 Å². The van der Waals surface area contributed by atoms with Crippen LogP contribution in [0.1, 0.15) is 45.4 Å². The molecule has 0 N–H and O–H groups in total. The van der Waals surface area contributed by atoms with E-state index in [1.807, 2.05) is 0 Å². The fourth-order valence-corrected chi connectivity index (χ4v) is 3.40. The predicted octanol–water partition coefficient (Wildman–Crippen LogP) is 5.27. The van der Waals surface area contributed by atoms with Crippen molar-refractivity contribution < 1.29 is 0 Å². The molecule has 3 aliphatic rings. The first-order valence-electron chi connectivity index (χ1n) is 7.13. The normalized spacial score (nSPS) is 26.2. The van der Waals surface area contributed by atoms with Crippen molar-refractivity contribution in [3.05, 3.63) is 58.7 Å². The van der Waals surface area contributed by atoms with E-state index < -0.39 is 0 Å². The zero-order chi connectivity index (χ0) is 12.5. The average Bonchev–Trinajstić information content (AvgIpc) is 2.96. The van der Waals surface area contributed by atoms with Gasteiger partial charge in [0.25, 0.3) is 0 Å². The van der Waals surface area contributed by atoms with E-state index in [-0.39, 0.29) is 0 Å². The summed E-state index contributed by atoms with van der Waals surface area (Å²) >= 11 is 0. The maximum absolute atomic E-state index is 4.37. The van der Waals surface area contributed by atoms with E-state index >= 15 is 0 Å². The van der Waals surface area contributed by atoms with Gasteiger partial charge in [0.2, 0.25) is 0 Å². The van der Waals surface area contributed by atoms with Gasteiger partial charge in [-0.05, 0) is 62.5 Å². The van der Waals surface area contributed by atoms with Crippen molar-refractivity contribution in [3.63, 3.8) is 0 Å². The third-order valence-electron chi connectivity index (χ3n) is 4.52. The van der Waals surface area contributed by atoms with E-state index in [0.717, 1.165) is 18.8 Å². The van der Waals surface area contributed by atoms with Gasteiger partial charge in [-0.2, -0.15) is 0 Å². The SMILES string of the molecule is C=C(CC1=CCC(C)=C1)C1CCC2=C(CC=C2)C1. The molecular weight excluding hydrogens is 216 g/mol. The second kappa shape index (κ2) is 4.76. The van der Waals surface area contributed by atoms with Gasteiger partial charge < -0.3 is 0 Å². The zero-order valence-electron chi connectivity index (χ0n) is 11.3. The number of hydrogen-bond donors (Lipinski definition) is 0. The van der Waals surface area contributed by atoms with E-state index in [1.54, 1.807) is 11.1 Å². The summed E-state index contributed by atoms with van der Waals surface area (Å²) in [6.07, 6.45) is 16.6. The Labute approximate surface area is 110 Å². The highest BCUT2D eigenvalue weighted by molar-refractivity contribution is 5.39. The number of allylic oxidation sites excluding steroid dienone is 9. The fourth-order valence-electron chi connectivity index (χ4n) is 3.40. The standard InChI is InChI=1S/C18H22/c1-13-6-7-15(10-13)11-14(2)17-9-8-16-4-3-5-18(16)12-17/h3-4,7,10,17H,2,5-6,8-9,11-12H2,1H3. The Morgan fingerprint density at radius 1 is 1.39 bits per heavy atom. The lowest BCUT2D eigenvalue weighted by molar-refractivity contribution is 0.516. The van der Waals surface area contributed by atoms with Gasteiger partial charge in [0.05, 0.1) is 0 Å². The third kappa shape index (κ3) is 2.29. The Morgan fingerprint density at radius 3 is 3.06 bits per heavy atom. The van der Waals surface area contributed by atoms with E-state index in [9.17, 15) is 0 Å². The van der Waals surface area contributed by atoms with Gasteiger partial charge in [-0.3, -0.25) is 0 Å². The molecule has 0 heterocycles. The van der Waals surface area contributed by atoms with E-state index in [4.69, 9.17) is 0 Å². The van der Waals surface area contributed by atoms with Crippen LogP contribution in [0.3, 0.4) is 0 Å². The predicted molar refractivity (Wildman–Crippen MR) is 78.3 cm³/mol. The second-order valence-corrected chi connectivity index (χ2v) is 5.98. The summed E-state index contributed by atoms with van der Waals surface area (Å²) < 4.78 is 0. The van der Waals surface area contributed by atoms with Gasteiger partial charge in [0.1, 0.15) is 0 Å². The van der Waals surface area contributed by atoms with Gasteiger partial charge in [-0.1, -0.05) is 47.6 Å². The van der Waals surface area contributed by atoms with Crippen LogP contribution in [0.4, 0.5) is 0 Å².